The fourth-order valence-corrected chi connectivity index (χ4v) is 4.37. The summed E-state index contributed by atoms with van der Waals surface area (Å²) in [4.78, 5) is 18.9. The molecular formula is C21H20N4O. The van der Waals surface area contributed by atoms with Gasteiger partial charge < -0.3 is 4.90 Å². The first-order valence-corrected chi connectivity index (χ1v) is 9.04. The lowest BCUT2D eigenvalue weighted by atomic mass is 9.88. The van der Waals surface area contributed by atoms with Crippen LogP contribution in [0, 0.1) is 0 Å². The summed E-state index contributed by atoms with van der Waals surface area (Å²) in [6, 6.07) is 17.0. The van der Waals surface area contributed by atoms with Crippen LogP contribution in [0.4, 0.5) is 5.69 Å². The topological polar surface area (TPSA) is 51.0 Å². The molecule has 2 heterocycles. The summed E-state index contributed by atoms with van der Waals surface area (Å²) in [5.41, 5.74) is 4.90. The SMILES string of the molecule is CN1C(=O)CC(c2ncnn2C2Cc3ccccc3C2)c2ccccc21. The van der Waals surface area contributed by atoms with Crippen molar-refractivity contribution >= 4 is 11.6 Å². The van der Waals surface area contributed by atoms with Crippen LogP contribution in [0.5, 0.6) is 0 Å². The summed E-state index contributed by atoms with van der Waals surface area (Å²) in [5, 5.41) is 4.55. The Bertz CT molecular complexity index is 968. The fourth-order valence-electron chi connectivity index (χ4n) is 4.37. The molecule has 1 aromatic heterocycles. The van der Waals surface area contributed by atoms with Gasteiger partial charge in [-0.15, -0.1) is 0 Å². The highest BCUT2D eigenvalue weighted by atomic mass is 16.2. The van der Waals surface area contributed by atoms with Gasteiger partial charge in [0, 0.05) is 19.2 Å². The van der Waals surface area contributed by atoms with E-state index in [1.807, 2.05) is 25.2 Å². The summed E-state index contributed by atoms with van der Waals surface area (Å²) >= 11 is 0. The molecule has 0 saturated carbocycles. The summed E-state index contributed by atoms with van der Waals surface area (Å²) in [7, 11) is 1.84. The van der Waals surface area contributed by atoms with Gasteiger partial charge in [0.1, 0.15) is 12.2 Å². The monoisotopic (exact) mass is 344 g/mol. The number of amides is 1. The average molecular weight is 344 g/mol. The van der Waals surface area contributed by atoms with Gasteiger partial charge in [-0.1, -0.05) is 42.5 Å². The van der Waals surface area contributed by atoms with Crippen LogP contribution in [0.15, 0.2) is 54.9 Å². The van der Waals surface area contributed by atoms with Gasteiger partial charge in [-0.05, 0) is 35.6 Å². The summed E-state index contributed by atoms with van der Waals surface area (Å²) in [5.74, 6) is 0.982. The van der Waals surface area contributed by atoms with Gasteiger partial charge in [0.15, 0.2) is 0 Å². The molecule has 5 rings (SSSR count). The number of hydrogen-bond acceptors (Lipinski definition) is 3. The molecule has 0 saturated heterocycles. The highest BCUT2D eigenvalue weighted by molar-refractivity contribution is 5.97. The molecule has 3 aromatic rings. The van der Waals surface area contributed by atoms with Crippen molar-refractivity contribution < 1.29 is 4.79 Å². The number of aromatic nitrogens is 3. The number of hydrogen-bond donors (Lipinski definition) is 0. The van der Waals surface area contributed by atoms with Crippen LogP contribution in [0.1, 0.15) is 40.9 Å². The van der Waals surface area contributed by atoms with Crippen molar-refractivity contribution in [1.82, 2.24) is 14.8 Å². The maximum atomic E-state index is 12.5. The molecule has 5 nitrogen and oxygen atoms in total. The van der Waals surface area contributed by atoms with Crippen LogP contribution in [0.25, 0.3) is 0 Å². The zero-order chi connectivity index (χ0) is 17.7. The second-order valence-corrected chi connectivity index (χ2v) is 7.16. The second kappa shape index (κ2) is 5.80. The normalized spacial score (nSPS) is 19.5. The second-order valence-electron chi connectivity index (χ2n) is 7.16. The fraction of sp³-hybridized carbons (Fsp3) is 0.286. The van der Waals surface area contributed by atoms with Crippen molar-refractivity contribution in [3.63, 3.8) is 0 Å². The molecule has 26 heavy (non-hydrogen) atoms. The quantitative estimate of drug-likeness (QED) is 0.718. The predicted molar refractivity (Wildman–Crippen MR) is 99.2 cm³/mol. The molecular weight excluding hydrogens is 324 g/mol. The van der Waals surface area contributed by atoms with Crippen LogP contribution >= 0.6 is 0 Å². The summed E-state index contributed by atoms with van der Waals surface area (Å²) < 4.78 is 2.06. The predicted octanol–water partition coefficient (Wildman–Crippen LogP) is 3.12. The van der Waals surface area contributed by atoms with Crippen molar-refractivity contribution in [3.8, 4) is 0 Å². The van der Waals surface area contributed by atoms with Gasteiger partial charge in [0.25, 0.3) is 0 Å². The third kappa shape index (κ3) is 2.27. The molecule has 1 aliphatic heterocycles. The lowest BCUT2D eigenvalue weighted by Crippen LogP contribution is -2.34. The highest BCUT2D eigenvalue weighted by Crippen LogP contribution is 2.40. The van der Waals surface area contributed by atoms with Crippen molar-refractivity contribution in [2.24, 2.45) is 0 Å². The van der Waals surface area contributed by atoms with Gasteiger partial charge in [0.05, 0.1) is 12.0 Å². The highest BCUT2D eigenvalue weighted by Gasteiger charge is 2.35. The van der Waals surface area contributed by atoms with E-state index in [0.29, 0.717) is 6.42 Å². The molecule has 2 aromatic carbocycles. The van der Waals surface area contributed by atoms with E-state index in [1.165, 1.54) is 11.1 Å². The van der Waals surface area contributed by atoms with E-state index in [4.69, 9.17) is 0 Å². The third-order valence-corrected chi connectivity index (χ3v) is 5.71. The number of para-hydroxylation sites is 1. The molecule has 2 aliphatic rings. The minimum absolute atomic E-state index is 0.0406. The third-order valence-electron chi connectivity index (χ3n) is 5.71. The van der Waals surface area contributed by atoms with Crippen LogP contribution in [0.3, 0.4) is 0 Å². The van der Waals surface area contributed by atoms with Crippen molar-refractivity contribution in [3.05, 3.63) is 77.4 Å². The Kier molecular flexibility index (Phi) is 3.42. The minimum Gasteiger partial charge on any atom is -0.315 e. The molecule has 1 unspecified atom stereocenters. The maximum absolute atomic E-state index is 12.5. The Labute approximate surface area is 152 Å². The lowest BCUT2D eigenvalue weighted by Gasteiger charge is -2.31. The zero-order valence-corrected chi connectivity index (χ0v) is 14.7. The average Bonchev–Trinajstić information content (AvgIpc) is 3.31. The van der Waals surface area contributed by atoms with Crippen molar-refractivity contribution in [2.45, 2.75) is 31.2 Å². The Morgan fingerprint density at radius 2 is 1.65 bits per heavy atom. The number of carbonyl (C=O) groups is 1. The Morgan fingerprint density at radius 1 is 0.962 bits per heavy atom. The van der Waals surface area contributed by atoms with Gasteiger partial charge in [-0.3, -0.25) is 4.79 Å². The van der Waals surface area contributed by atoms with E-state index in [2.05, 4.69) is 45.1 Å². The van der Waals surface area contributed by atoms with Crippen molar-refractivity contribution in [1.29, 1.82) is 0 Å². The van der Waals surface area contributed by atoms with E-state index < -0.39 is 0 Å². The molecule has 0 fully saturated rings. The number of rotatable bonds is 2. The number of nitrogens with zero attached hydrogens (tertiary/aromatic N) is 4. The van der Waals surface area contributed by atoms with Gasteiger partial charge in [-0.2, -0.15) is 5.10 Å². The molecule has 1 atom stereocenters. The molecule has 1 amide bonds. The molecule has 130 valence electrons. The van der Waals surface area contributed by atoms with E-state index >= 15 is 0 Å². The maximum Gasteiger partial charge on any atom is 0.227 e. The van der Waals surface area contributed by atoms with Gasteiger partial charge in [0.2, 0.25) is 5.91 Å². The first-order chi connectivity index (χ1) is 12.7. The molecule has 5 heteroatoms. The number of anilines is 1. The van der Waals surface area contributed by atoms with Crippen LogP contribution in [-0.2, 0) is 17.6 Å². The van der Waals surface area contributed by atoms with Crippen molar-refractivity contribution in [2.75, 3.05) is 11.9 Å². The Hall–Kier alpha value is -2.95. The van der Waals surface area contributed by atoms with Crippen LogP contribution in [-0.4, -0.2) is 27.7 Å². The standard InChI is InChI=1S/C21H20N4O/c1-24-19-9-5-4-8-17(19)18(12-20(24)26)21-22-13-23-25(21)16-10-14-6-2-3-7-15(14)11-16/h2-9,13,16,18H,10-12H2,1H3. The van der Waals surface area contributed by atoms with Crippen LogP contribution < -0.4 is 4.90 Å². The molecule has 1 aliphatic carbocycles. The number of benzene rings is 2. The van der Waals surface area contributed by atoms with Crippen LogP contribution in [0.2, 0.25) is 0 Å². The number of fused-ring (bicyclic) bond motifs is 2. The lowest BCUT2D eigenvalue weighted by molar-refractivity contribution is -0.118. The molecule has 0 bridgehead atoms. The largest absolute Gasteiger partial charge is 0.315 e. The van der Waals surface area contributed by atoms with E-state index in [1.54, 1.807) is 11.2 Å². The minimum atomic E-state index is -0.0406. The first kappa shape index (κ1) is 15.3. The molecule has 0 spiro atoms. The van der Waals surface area contributed by atoms with E-state index in [-0.39, 0.29) is 17.9 Å². The van der Waals surface area contributed by atoms with E-state index in [9.17, 15) is 4.79 Å². The number of carbonyl (C=O) groups excluding carboxylic acids is 1. The molecule has 0 N–H and O–H groups in total. The van der Waals surface area contributed by atoms with Gasteiger partial charge in [-0.25, -0.2) is 9.67 Å². The van der Waals surface area contributed by atoms with E-state index in [0.717, 1.165) is 29.9 Å². The zero-order valence-electron chi connectivity index (χ0n) is 14.7. The van der Waals surface area contributed by atoms with Gasteiger partial charge >= 0.3 is 0 Å². The summed E-state index contributed by atoms with van der Waals surface area (Å²) in [6.07, 6.45) is 4.00. The summed E-state index contributed by atoms with van der Waals surface area (Å²) in [6.45, 7) is 0. The Balaban J connectivity index is 1.55. The first-order valence-electron chi connectivity index (χ1n) is 9.04. The Morgan fingerprint density at radius 3 is 2.42 bits per heavy atom. The smallest absolute Gasteiger partial charge is 0.227 e. The molecule has 0 radical (unpaired) electrons.